The Balaban J connectivity index is 5.90. The van der Waals surface area contributed by atoms with Gasteiger partial charge in [-0.05, 0) is 13.8 Å². The van der Waals surface area contributed by atoms with Gasteiger partial charge in [0, 0.05) is 11.0 Å². The van der Waals surface area contributed by atoms with Gasteiger partial charge in [0.25, 0.3) is 5.91 Å². The number of ether oxygens (including phenoxy) is 1. The van der Waals surface area contributed by atoms with Crippen molar-refractivity contribution >= 4 is 17.8 Å². The van der Waals surface area contributed by atoms with Crippen molar-refractivity contribution in [3.63, 3.8) is 0 Å². The molecule has 0 aliphatic rings. The number of hydrogen-bond acceptors (Lipinski definition) is 4. The molecule has 0 spiro atoms. The van der Waals surface area contributed by atoms with E-state index in [1.54, 1.807) is 0 Å². The molecule has 0 radical (unpaired) electrons. The number of esters is 1. The minimum Gasteiger partial charge on any atom is -0.449 e. The molecule has 0 saturated heterocycles. The van der Waals surface area contributed by atoms with Gasteiger partial charge in [0.2, 0.25) is 5.91 Å². The van der Waals surface area contributed by atoms with Gasteiger partial charge in [0.15, 0.2) is 6.10 Å². The van der Waals surface area contributed by atoms with Crippen LogP contribution in [0.1, 0.15) is 34.6 Å². The van der Waals surface area contributed by atoms with Crippen LogP contribution in [0.4, 0.5) is 22.0 Å². The molecular formula is C14H18F5NO4. The summed E-state index contributed by atoms with van der Waals surface area (Å²) in [6.07, 6.45) is -8.24. The Labute approximate surface area is 135 Å². The maximum Gasteiger partial charge on any atom is 0.476 e. The van der Waals surface area contributed by atoms with Gasteiger partial charge in [-0.2, -0.15) is 22.0 Å². The fraction of sp³-hybridized carbons (Fsp3) is 0.643. The van der Waals surface area contributed by atoms with E-state index in [0.29, 0.717) is 0 Å². The molecule has 0 N–H and O–H groups in total. The molecule has 1 atom stereocenters. The first-order valence-corrected chi connectivity index (χ1v) is 6.64. The molecule has 0 fully saturated rings. The molecule has 24 heavy (non-hydrogen) atoms. The largest absolute Gasteiger partial charge is 0.476 e. The van der Waals surface area contributed by atoms with Crippen LogP contribution in [0.25, 0.3) is 0 Å². The Morgan fingerprint density at radius 2 is 1.46 bits per heavy atom. The van der Waals surface area contributed by atoms with Gasteiger partial charge in [-0.1, -0.05) is 27.4 Å². The van der Waals surface area contributed by atoms with Crippen LogP contribution >= 0.6 is 0 Å². The number of carbonyl (C=O) groups is 3. The third-order valence-electron chi connectivity index (χ3n) is 2.67. The van der Waals surface area contributed by atoms with Gasteiger partial charge >= 0.3 is 18.2 Å². The Hall–Kier alpha value is -2.00. The highest BCUT2D eigenvalue weighted by Gasteiger charge is 2.66. The number of imide groups is 1. The summed E-state index contributed by atoms with van der Waals surface area (Å²) < 4.78 is 69.7. The third kappa shape index (κ3) is 4.75. The second-order valence-corrected chi connectivity index (χ2v) is 6.10. The molecule has 0 aromatic heterocycles. The number of carbonyl (C=O) groups excluding carboxylic acids is 3. The number of halogens is 5. The zero-order valence-electron chi connectivity index (χ0n) is 13.8. The van der Waals surface area contributed by atoms with Gasteiger partial charge in [-0.3, -0.25) is 9.59 Å². The third-order valence-corrected chi connectivity index (χ3v) is 2.67. The minimum absolute atomic E-state index is 0.203. The molecule has 2 amide bonds. The molecule has 0 aromatic rings. The first-order valence-electron chi connectivity index (χ1n) is 6.64. The summed E-state index contributed by atoms with van der Waals surface area (Å²) in [5, 5.41) is 0. The smallest absolute Gasteiger partial charge is 0.449 e. The fourth-order valence-electron chi connectivity index (χ4n) is 1.32. The van der Waals surface area contributed by atoms with Crippen LogP contribution in [0.15, 0.2) is 12.2 Å². The molecule has 138 valence electrons. The standard InChI is InChI=1S/C14H18F5NO4/c1-7(2)10(22)24-8(3)9(21)20(11(23)12(4,5)6)14(18,19)13(15,16)17/h8H,1H2,2-6H3. The summed E-state index contributed by atoms with van der Waals surface area (Å²) in [5.41, 5.74) is -1.92. The van der Waals surface area contributed by atoms with Crippen molar-refractivity contribution < 1.29 is 41.1 Å². The maximum atomic E-state index is 13.7. The van der Waals surface area contributed by atoms with E-state index in [2.05, 4.69) is 11.3 Å². The molecule has 1 unspecified atom stereocenters. The molecule has 5 nitrogen and oxygen atoms in total. The van der Waals surface area contributed by atoms with Crippen molar-refractivity contribution in [2.75, 3.05) is 0 Å². The van der Waals surface area contributed by atoms with Crippen molar-refractivity contribution in [2.45, 2.75) is 52.9 Å². The number of nitrogens with zero attached hydrogens (tertiary/aromatic N) is 1. The minimum atomic E-state index is -6.19. The lowest BCUT2D eigenvalue weighted by Crippen LogP contribution is -2.62. The first-order chi connectivity index (χ1) is 10.4. The van der Waals surface area contributed by atoms with E-state index >= 15 is 0 Å². The quantitative estimate of drug-likeness (QED) is 0.335. The van der Waals surface area contributed by atoms with Gasteiger partial charge in [-0.25, -0.2) is 9.69 Å². The first kappa shape index (κ1) is 22.0. The number of hydrogen-bond donors (Lipinski definition) is 0. The average molecular weight is 359 g/mol. The Morgan fingerprint density at radius 1 is 1.04 bits per heavy atom. The molecule has 10 heteroatoms. The highest BCUT2D eigenvalue weighted by atomic mass is 19.4. The van der Waals surface area contributed by atoms with E-state index < -0.39 is 46.4 Å². The van der Waals surface area contributed by atoms with Crippen molar-refractivity contribution in [1.82, 2.24) is 4.90 Å². The van der Waals surface area contributed by atoms with E-state index in [1.807, 2.05) is 0 Å². The predicted octanol–water partition coefficient (Wildman–Crippen LogP) is 3.05. The normalized spacial score (nSPS) is 13.9. The van der Waals surface area contributed by atoms with Gasteiger partial charge in [0.1, 0.15) is 0 Å². The highest BCUT2D eigenvalue weighted by molar-refractivity contribution is 6.01. The van der Waals surface area contributed by atoms with Crippen molar-refractivity contribution in [1.29, 1.82) is 0 Å². The maximum absolute atomic E-state index is 13.7. The molecule has 0 rings (SSSR count). The Bertz CT molecular complexity index is 548. The molecule has 0 bridgehead atoms. The van der Waals surface area contributed by atoms with Crippen molar-refractivity contribution in [3.8, 4) is 0 Å². The molecule has 0 heterocycles. The van der Waals surface area contributed by atoms with Crippen LogP contribution in [0.5, 0.6) is 0 Å². The van der Waals surface area contributed by atoms with E-state index in [4.69, 9.17) is 0 Å². The summed E-state index contributed by atoms with van der Waals surface area (Å²) in [6.45, 7) is 8.33. The zero-order valence-corrected chi connectivity index (χ0v) is 13.8. The Kier molecular flexibility index (Phi) is 6.29. The van der Waals surface area contributed by atoms with Crippen molar-refractivity contribution in [2.24, 2.45) is 5.41 Å². The van der Waals surface area contributed by atoms with E-state index in [0.717, 1.165) is 27.7 Å². The lowest BCUT2D eigenvalue weighted by molar-refractivity contribution is -0.329. The molecule has 0 aliphatic carbocycles. The molecule has 0 saturated carbocycles. The average Bonchev–Trinajstić information content (AvgIpc) is 2.35. The van der Waals surface area contributed by atoms with Gasteiger partial charge in [0.05, 0.1) is 0 Å². The highest BCUT2D eigenvalue weighted by Crippen LogP contribution is 2.40. The van der Waals surface area contributed by atoms with Crippen molar-refractivity contribution in [3.05, 3.63) is 12.2 Å². The number of amides is 2. The summed E-state index contributed by atoms with van der Waals surface area (Å²) >= 11 is 0. The summed E-state index contributed by atoms with van der Waals surface area (Å²) in [7, 11) is 0. The second kappa shape index (κ2) is 6.86. The molecule has 0 aromatic carbocycles. The van der Waals surface area contributed by atoms with Gasteiger partial charge < -0.3 is 4.74 Å². The predicted molar refractivity (Wildman–Crippen MR) is 72.7 cm³/mol. The number of alkyl halides is 5. The Morgan fingerprint density at radius 3 is 1.75 bits per heavy atom. The van der Waals surface area contributed by atoms with E-state index in [1.165, 1.54) is 6.92 Å². The van der Waals surface area contributed by atoms with Gasteiger partial charge in [-0.15, -0.1) is 0 Å². The van der Waals surface area contributed by atoms with Crippen LogP contribution < -0.4 is 0 Å². The van der Waals surface area contributed by atoms with E-state index in [9.17, 15) is 36.3 Å². The lowest BCUT2D eigenvalue weighted by Gasteiger charge is -2.35. The van der Waals surface area contributed by atoms with Crippen LogP contribution in [0.2, 0.25) is 0 Å². The zero-order chi connectivity index (χ0) is 19.7. The second-order valence-electron chi connectivity index (χ2n) is 6.10. The fourth-order valence-corrected chi connectivity index (χ4v) is 1.32. The van der Waals surface area contributed by atoms with Crippen LogP contribution in [-0.4, -0.2) is 41.0 Å². The monoisotopic (exact) mass is 359 g/mol. The number of rotatable bonds is 4. The summed E-state index contributed by atoms with van der Waals surface area (Å²) in [6, 6.07) is -5.77. The molecule has 0 aliphatic heterocycles. The summed E-state index contributed by atoms with van der Waals surface area (Å²) in [5.74, 6) is -4.94. The van der Waals surface area contributed by atoms with E-state index in [-0.39, 0.29) is 5.57 Å². The van der Waals surface area contributed by atoms with Crippen LogP contribution in [-0.2, 0) is 19.1 Å². The topological polar surface area (TPSA) is 63.7 Å². The SMILES string of the molecule is C=C(C)C(=O)OC(C)C(=O)N(C(=O)C(C)(C)C)C(F)(F)C(F)(F)F. The molecular weight excluding hydrogens is 341 g/mol. The lowest BCUT2D eigenvalue weighted by atomic mass is 9.94. The van der Waals surface area contributed by atoms with Crippen LogP contribution in [0.3, 0.4) is 0 Å². The van der Waals surface area contributed by atoms with Crippen LogP contribution in [0, 0.1) is 5.41 Å². The summed E-state index contributed by atoms with van der Waals surface area (Å²) in [4.78, 5) is 34.1.